The van der Waals surface area contributed by atoms with Gasteiger partial charge in [0.15, 0.2) is 0 Å². The van der Waals surface area contributed by atoms with Crippen molar-refractivity contribution in [1.29, 1.82) is 0 Å². The van der Waals surface area contributed by atoms with Crippen LogP contribution in [0.5, 0.6) is 0 Å². The van der Waals surface area contributed by atoms with Gasteiger partial charge >= 0.3 is 0 Å². The second-order valence-electron chi connectivity index (χ2n) is 2.11. The van der Waals surface area contributed by atoms with E-state index >= 15 is 0 Å². The van der Waals surface area contributed by atoms with Gasteiger partial charge in [0.2, 0.25) is 0 Å². The summed E-state index contributed by atoms with van der Waals surface area (Å²) in [6.45, 7) is 0. The van der Waals surface area contributed by atoms with Crippen LogP contribution in [0.2, 0.25) is 0 Å². The van der Waals surface area contributed by atoms with Gasteiger partial charge in [-0.3, -0.25) is 0 Å². The number of aromatic nitrogens is 3. The molecular formula is C7H6N3P. The second kappa shape index (κ2) is 2.44. The molecule has 1 heterocycles. The molecule has 0 amide bonds. The van der Waals surface area contributed by atoms with E-state index in [1.165, 1.54) is 0 Å². The Kier molecular flexibility index (Phi) is 1.44. The van der Waals surface area contributed by atoms with E-state index in [1.807, 2.05) is 24.3 Å². The highest BCUT2D eigenvalue weighted by molar-refractivity contribution is 7.35. The van der Waals surface area contributed by atoms with E-state index in [1.54, 1.807) is 4.45 Å². The van der Waals surface area contributed by atoms with Gasteiger partial charge in [-0.15, -0.1) is 5.10 Å². The lowest BCUT2D eigenvalue weighted by Crippen LogP contribution is -1.80. The first kappa shape index (κ1) is 6.50. The molecule has 0 bridgehead atoms. The highest BCUT2D eigenvalue weighted by Gasteiger charge is 1.98. The molecule has 2 aromatic rings. The van der Waals surface area contributed by atoms with Crippen molar-refractivity contribution in [3.63, 3.8) is 0 Å². The van der Waals surface area contributed by atoms with Gasteiger partial charge in [-0.05, 0) is 12.1 Å². The van der Waals surface area contributed by atoms with Crippen LogP contribution >= 0.6 is 8.35 Å². The third-order valence-electron chi connectivity index (χ3n) is 1.47. The molecule has 0 saturated carbocycles. The van der Waals surface area contributed by atoms with Crippen LogP contribution in [0.3, 0.4) is 0 Å². The molecule has 3 nitrogen and oxygen atoms in total. The van der Waals surface area contributed by atoms with E-state index in [4.69, 9.17) is 0 Å². The summed E-state index contributed by atoms with van der Waals surface area (Å²) >= 11 is 0. The zero-order valence-electron chi connectivity index (χ0n) is 5.81. The first-order valence-corrected chi connectivity index (χ1v) is 4.22. The van der Waals surface area contributed by atoms with E-state index in [-0.39, 0.29) is 0 Å². The molecule has 0 atom stereocenters. The van der Waals surface area contributed by atoms with Gasteiger partial charge in [0.1, 0.15) is 5.52 Å². The average Bonchev–Trinajstić information content (AvgIpc) is 2.47. The Morgan fingerprint density at radius 3 is 3.00 bits per heavy atom. The molecule has 11 heavy (non-hydrogen) atoms. The smallest absolute Gasteiger partial charge is 0.114 e. The number of fused-ring (bicyclic) bond motifs is 1. The lowest BCUT2D eigenvalue weighted by Gasteiger charge is -1.88. The molecule has 1 aromatic carbocycles. The molecule has 54 valence electrons. The molecule has 2 rings (SSSR count). The van der Waals surface area contributed by atoms with Crippen LogP contribution in [0, 0.1) is 0 Å². The molecule has 0 spiro atoms. The highest BCUT2D eigenvalue weighted by atomic mass is 31.1. The maximum absolute atomic E-state index is 3.96. The van der Waals surface area contributed by atoms with E-state index < -0.39 is 0 Å². The van der Waals surface area contributed by atoms with Crippen LogP contribution in [0.4, 0.5) is 0 Å². The fraction of sp³-hybridized carbons (Fsp3) is 0. The van der Waals surface area contributed by atoms with Crippen LogP contribution in [-0.4, -0.2) is 21.1 Å². The third-order valence-corrected chi connectivity index (χ3v) is 2.03. The van der Waals surface area contributed by atoms with Crippen molar-refractivity contribution in [3.05, 3.63) is 24.3 Å². The molecule has 0 aliphatic carbocycles. The zero-order chi connectivity index (χ0) is 7.68. The molecule has 4 heteroatoms. The van der Waals surface area contributed by atoms with Crippen molar-refractivity contribution in [2.24, 2.45) is 0 Å². The first-order valence-electron chi connectivity index (χ1n) is 3.19. The Labute approximate surface area is 65.5 Å². The minimum absolute atomic E-state index is 0.850. The summed E-state index contributed by atoms with van der Waals surface area (Å²) in [4.78, 5) is 0. The minimum atomic E-state index is 0.850. The van der Waals surface area contributed by atoms with E-state index in [0.29, 0.717) is 0 Å². The van der Waals surface area contributed by atoms with Gasteiger partial charge in [-0.1, -0.05) is 23.6 Å². The van der Waals surface area contributed by atoms with Crippen LogP contribution in [0.15, 0.2) is 24.3 Å². The Morgan fingerprint density at radius 2 is 2.18 bits per heavy atom. The fourth-order valence-electron chi connectivity index (χ4n) is 0.961. The molecule has 0 N–H and O–H groups in total. The summed E-state index contributed by atoms with van der Waals surface area (Å²) in [6.07, 6.45) is 3.71. The predicted octanol–water partition coefficient (Wildman–Crippen LogP) is 1.57. The average molecular weight is 163 g/mol. The van der Waals surface area contributed by atoms with Crippen molar-refractivity contribution in [2.75, 3.05) is 0 Å². The Hall–Kier alpha value is -1.21. The Balaban J connectivity index is 2.86. The molecule has 0 saturated heterocycles. The van der Waals surface area contributed by atoms with Crippen LogP contribution in [0.1, 0.15) is 0 Å². The van der Waals surface area contributed by atoms with Gasteiger partial charge in [-0.2, -0.15) is 4.45 Å². The topological polar surface area (TPSA) is 30.7 Å². The largest absolute Gasteiger partial charge is 0.195 e. The number of benzene rings is 1. The lowest BCUT2D eigenvalue weighted by atomic mass is 10.3. The highest BCUT2D eigenvalue weighted by Crippen LogP contribution is 2.12. The second-order valence-corrected chi connectivity index (χ2v) is 2.77. The van der Waals surface area contributed by atoms with Gasteiger partial charge in [-0.25, -0.2) is 0 Å². The number of hydrogen-bond donors (Lipinski definition) is 0. The van der Waals surface area contributed by atoms with Gasteiger partial charge in [0.05, 0.1) is 5.52 Å². The summed E-state index contributed by atoms with van der Waals surface area (Å²) in [5.41, 5.74) is 1.95. The van der Waals surface area contributed by atoms with Crippen molar-refractivity contribution in [2.45, 2.75) is 0 Å². The number of hydrogen-bond acceptors (Lipinski definition) is 2. The van der Waals surface area contributed by atoms with Gasteiger partial charge in [0, 0.05) is 8.35 Å². The van der Waals surface area contributed by atoms with Crippen molar-refractivity contribution in [1.82, 2.24) is 14.8 Å². The van der Waals surface area contributed by atoms with E-state index in [2.05, 4.69) is 16.6 Å². The molecule has 0 radical (unpaired) electrons. The lowest BCUT2D eigenvalue weighted by molar-refractivity contribution is 0.910. The Bertz CT molecular complexity index is 393. The summed E-state index contributed by atoms with van der Waals surface area (Å²) < 4.78 is 1.75. The minimum Gasteiger partial charge on any atom is -0.195 e. The number of rotatable bonds is 1. The maximum Gasteiger partial charge on any atom is 0.114 e. The van der Waals surface area contributed by atoms with Gasteiger partial charge in [0.25, 0.3) is 0 Å². The third kappa shape index (κ3) is 0.938. The van der Waals surface area contributed by atoms with Crippen molar-refractivity contribution < 1.29 is 0 Å². The molecule has 1 aromatic heterocycles. The van der Waals surface area contributed by atoms with Crippen LogP contribution in [-0.2, 0) is 0 Å². The SMILES string of the molecule is C=Pn1nnc2ccccc21. The molecule has 0 aliphatic heterocycles. The van der Waals surface area contributed by atoms with E-state index in [9.17, 15) is 0 Å². The summed E-state index contributed by atoms with van der Waals surface area (Å²) in [5.74, 6) is 0. The fourth-order valence-corrected chi connectivity index (χ4v) is 1.38. The molecule has 0 aliphatic rings. The number of para-hydroxylation sites is 1. The standard InChI is InChI=1S/C7H6N3P/c1-11-10-7-5-3-2-4-6(7)8-9-10/h2-5H,1H2. The quantitative estimate of drug-likeness (QED) is 0.597. The summed E-state index contributed by atoms with van der Waals surface area (Å²) in [7, 11) is 0.850. The van der Waals surface area contributed by atoms with Crippen LogP contribution in [0.25, 0.3) is 11.0 Å². The molecular weight excluding hydrogens is 157 g/mol. The Morgan fingerprint density at radius 1 is 1.36 bits per heavy atom. The van der Waals surface area contributed by atoms with Crippen molar-refractivity contribution >= 4 is 25.7 Å². The van der Waals surface area contributed by atoms with Crippen LogP contribution < -0.4 is 0 Å². The maximum atomic E-state index is 3.96. The molecule has 0 fully saturated rings. The van der Waals surface area contributed by atoms with Gasteiger partial charge < -0.3 is 0 Å². The van der Waals surface area contributed by atoms with Crippen molar-refractivity contribution in [3.8, 4) is 0 Å². The summed E-state index contributed by atoms with van der Waals surface area (Å²) in [6, 6.07) is 7.83. The monoisotopic (exact) mass is 163 g/mol. The summed E-state index contributed by atoms with van der Waals surface area (Å²) in [5, 5.41) is 7.86. The number of nitrogens with zero attached hydrogens (tertiary/aromatic N) is 3. The molecule has 0 unspecified atom stereocenters. The first-order chi connectivity index (χ1) is 5.42. The normalized spacial score (nSPS) is 10.9. The zero-order valence-corrected chi connectivity index (χ0v) is 6.70. The predicted molar refractivity (Wildman–Crippen MR) is 47.0 cm³/mol. The van der Waals surface area contributed by atoms with E-state index in [0.717, 1.165) is 19.4 Å².